The van der Waals surface area contributed by atoms with E-state index >= 15 is 0 Å². The predicted octanol–water partition coefficient (Wildman–Crippen LogP) is 3.47. The molecule has 3 aromatic rings. The number of amides is 1. The number of anilines is 1. The molecule has 0 saturated heterocycles. The summed E-state index contributed by atoms with van der Waals surface area (Å²) in [6.45, 7) is 7.76. The Morgan fingerprint density at radius 1 is 1.43 bits per heavy atom. The van der Waals surface area contributed by atoms with Crippen molar-refractivity contribution in [3.05, 3.63) is 52.1 Å². The van der Waals surface area contributed by atoms with Gasteiger partial charge in [-0.05, 0) is 18.2 Å². The average Bonchev–Trinajstić information content (AvgIpc) is 3.12. The Morgan fingerprint density at radius 3 is 2.89 bits per heavy atom. The predicted molar refractivity (Wildman–Crippen MR) is 109 cm³/mol. The molecule has 1 aromatic carbocycles. The maximum absolute atomic E-state index is 12.8. The van der Waals surface area contributed by atoms with Gasteiger partial charge in [0.25, 0.3) is 5.56 Å². The van der Waals surface area contributed by atoms with Gasteiger partial charge in [-0.2, -0.15) is 0 Å². The lowest BCUT2D eigenvalue weighted by Crippen LogP contribution is -2.23. The van der Waals surface area contributed by atoms with Gasteiger partial charge < -0.3 is 4.42 Å². The third kappa shape index (κ3) is 4.42. The molecular formula is C18H18ClN5O3S. The summed E-state index contributed by atoms with van der Waals surface area (Å²) in [6.07, 6.45) is 1.59. The van der Waals surface area contributed by atoms with E-state index in [4.69, 9.17) is 16.0 Å². The highest BCUT2D eigenvalue weighted by Gasteiger charge is 2.15. The van der Waals surface area contributed by atoms with E-state index in [0.29, 0.717) is 27.0 Å². The number of aromatic nitrogens is 4. The number of carbonyl (C=O) groups excluding carboxylic acids is 1. The molecule has 0 atom stereocenters. The lowest BCUT2D eigenvalue weighted by atomic mass is 10.2. The van der Waals surface area contributed by atoms with Gasteiger partial charge in [0.05, 0.1) is 16.7 Å². The second-order valence-electron chi connectivity index (χ2n) is 6.20. The van der Waals surface area contributed by atoms with Crippen LogP contribution in [0.5, 0.6) is 0 Å². The highest BCUT2D eigenvalue weighted by Crippen LogP contribution is 2.21. The molecule has 0 aliphatic heterocycles. The molecule has 28 heavy (non-hydrogen) atoms. The zero-order valence-corrected chi connectivity index (χ0v) is 16.9. The van der Waals surface area contributed by atoms with Gasteiger partial charge >= 0.3 is 6.01 Å². The molecule has 0 spiro atoms. The van der Waals surface area contributed by atoms with Crippen molar-refractivity contribution in [2.24, 2.45) is 0 Å². The Morgan fingerprint density at radius 2 is 2.21 bits per heavy atom. The molecule has 0 radical (unpaired) electrons. The van der Waals surface area contributed by atoms with E-state index < -0.39 is 0 Å². The SMILES string of the molecule is C=CCn1c(SCC(=O)Nc2nnc(C(C)C)o2)nc2ccc(Cl)cc2c1=O. The van der Waals surface area contributed by atoms with E-state index in [1.165, 1.54) is 4.57 Å². The van der Waals surface area contributed by atoms with Crippen molar-refractivity contribution in [2.45, 2.75) is 31.5 Å². The minimum atomic E-state index is -0.348. The number of hydrogen-bond donors (Lipinski definition) is 1. The summed E-state index contributed by atoms with van der Waals surface area (Å²) in [4.78, 5) is 29.5. The average molecular weight is 420 g/mol. The van der Waals surface area contributed by atoms with Crippen LogP contribution in [0.4, 0.5) is 6.01 Å². The summed E-state index contributed by atoms with van der Waals surface area (Å²) >= 11 is 7.12. The summed E-state index contributed by atoms with van der Waals surface area (Å²) in [5, 5.41) is 11.5. The molecule has 0 aliphatic carbocycles. The van der Waals surface area contributed by atoms with E-state index in [1.807, 2.05) is 13.8 Å². The summed E-state index contributed by atoms with van der Waals surface area (Å²) in [5.41, 5.74) is 0.268. The second kappa shape index (κ2) is 8.57. The van der Waals surface area contributed by atoms with Crippen molar-refractivity contribution in [1.29, 1.82) is 0 Å². The molecule has 146 valence electrons. The molecule has 0 fully saturated rings. The maximum Gasteiger partial charge on any atom is 0.322 e. The fourth-order valence-corrected chi connectivity index (χ4v) is 3.36. The molecule has 2 aromatic heterocycles. The van der Waals surface area contributed by atoms with Gasteiger partial charge in [0.15, 0.2) is 5.16 Å². The third-order valence-electron chi connectivity index (χ3n) is 3.71. The number of fused-ring (bicyclic) bond motifs is 1. The minimum Gasteiger partial charge on any atom is -0.408 e. The van der Waals surface area contributed by atoms with Crippen molar-refractivity contribution in [3.8, 4) is 0 Å². The van der Waals surface area contributed by atoms with Crippen LogP contribution in [-0.4, -0.2) is 31.4 Å². The Kier molecular flexibility index (Phi) is 6.15. The Balaban J connectivity index is 1.79. The Hall–Kier alpha value is -2.65. The zero-order valence-electron chi connectivity index (χ0n) is 15.3. The van der Waals surface area contributed by atoms with E-state index in [2.05, 4.69) is 27.1 Å². The highest BCUT2D eigenvalue weighted by molar-refractivity contribution is 7.99. The molecule has 1 amide bonds. The number of nitrogens with one attached hydrogen (secondary N) is 1. The monoisotopic (exact) mass is 419 g/mol. The second-order valence-corrected chi connectivity index (χ2v) is 7.58. The fourth-order valence-electron chi connectivity index (χ4n) is 2.38. The number of hydrogen-bond acceptors (Lipinski definition) is 7. The van der Waals surface area contributed by atoms with Crippen LogP contribution in [0, 0.1) is 0 Å². The molecule has 0 unspecified atom stereocenters. The van der Waals surface area contributed by atoms with Gasteiger partial charge in [0.1, 0.15) is 0 Å². The van der Waals surface area contributed by atoms with Crippen LogP contribution in [0.15, 0.2) is 45.2 Å². The molecule has 10 heteroatoms. The molecule has 0 aliphatic rings. The topological polar surface area (TPSA) is 103 Å². The summed E-state index contributed by atoms with van der Waals surface area (Å²) < 4.78 is 6.81. The molecule has 1 N–H and O–H groups in total. The van der Waals surface area contributed by atoms with E-state index in [1.54, 1.807) is 24.3 Å². The van der Waals surface area contributed by atoms with Crippen LogP contribution in [-0.2, 0) is 11.3 Å². The first kappa shape index (κ1) is 20.1. The van der Waals surface area contributed by atoms with Crippen LogP contribution >= 0.6 is 23.4 Å². The van der Waals surface area contributed by atoms with E-state index in [9.17, 15) is 9.59 Å². The first-order valence-electron chi connectivity index (χ1n) is 8.46. The van der Waals surface area contributed by atoms with Crippen LogP contribution in [0.25, 0.3) is 10.9 Å². The van der Waals surface area contributed by atoms with Crippen molar-refractivity contribution >= 4 is 46.2 Å². The lowest BCUT2D eigenvalue weighted by Gasteiger charge is -2.11. The Bertz CT molecular complexity index is 1090. The van der Waals surface area contributed by atoms with Crippen molar-refractivity contribution < 1.29 is 9.21 Å². The molecular weight excluding hydrogens is 402 g/mol. The number of nitrogens with zero attached hydrogens (tertiary/aromatic N) is 4. The number of carbonyl (C=O) groups is 1. The maximum atomic E-state index is 12.8. The number of benzene rings is 1. The van der Waals surface area contributed by atoms with Gasteiger partial charge in [-0.1, -0.05) is 48.4 Å². The lowest BCUT2D eigenvalue weighted by molar-refractivity contribution is -0.113. The van der Waals surface area contributed by atoms with Crippen LogP contribution in [0.3, 0.4) is 0 Å². The van der Waals surface area contributed by atoms with Gasteiger partial charge in [0, 0.05) is 17.5 Å². The van der Waals surface area contributed by atoms with Crippen molar-refractivity contribution in [2.75, 3.05) is 11.1 Å². The van der Waals surface area contributed by atoms with Gasteiger partial charge in [0.2, 0.25) is 11.8 Å². The van der Waals surface area contributed by atoms with Crippen LogP contribution in [0.1, 0.15) is 25.7 Å². The van der Waals surface area contributed by atoms with E-state index in [0.717, 1.165) is 11.8 Å². The molecule has 8 nitrogen and oxygen atoms in total. The largest absolute Gasteiger partial charge is 0.408 e. The number of allylic oxidation sites excluding steroid dienone is 1. The van der Waals surface area contributed by atoms with E-state index in [-0.39, 0.29) is 35.7 Å². The summed E-state index contributed by atoms with van der Waals surface area (Å²) in [5.74, 6) is 0.176. The smallest absolute Gasteiger partial charge is 0.322 e. The number of thioether (sulfide) groups is 1. The molecule has 3 rings (SSSR count). The molecule has 2 heterocycles. The fraction of sp³-hybridized carbons (Fsp3) is 0.278. The third-order valence-corrected chi connectivity index (χ3v) is 4.92. The van der Waals surface area contributed by atoms with Crippen molar-refractivity contribution in [1.82, 2.24) is 19.7 Å². The minimum absolute atomic E-state index is 0.0159. The zero-order chi connectivity index (χ0) is 20.3. The van der Waals surface area contributed by atoms with Gasteiger partial charge in [-0.3, -0.25) is 19.5 Å². The van der Waals surface area contributed by atoms with Gasteiger partial charge in [-0.25, -0.2) is 4.98 Å². The van der Waals surface area contributed by atoms with Crippen LogP contribution < -0.4 is 10.9 Å². The number of halogens is 1. The number of rotatable bonds is 7. The van der Waals surface area contributed by atoms with Crippen LogP contribution in [0.2, 0.25) is 5.02 Å². The standard InChI is InChI=1S/C18H18ClN5O3S/c1-4-7-24-16(26)12-8-11(19)5-6-13(12)20-18(24)28-9-14(25)21-17-23-22-15(27-17)10(2)3/h4-6,8,10H,1,7,9H2,2-3H3,(H,21,23,25). The first-order chi connectivity index (χ1) is 13.4. The first-order valence-corrected chi connectivity index (χ1v) is 9.82. The molecule has 0 saturated carbocycles. The summed E-state index contributed by atoms with van der Waals surface area (Å²) in [6, 6.07) is 4.96. The summed E-state index contributed by atoms with van der Waals surface area (Å²) in [7, 11) is 0. The quantitative estimate of drug-likeness (QED) is 0.355. The highest BCUT2D eigenvalue weighted by atomic mass is 35.5. The van der Waals surface area contributed by atoms with Gasteiger partial charge in [-0.15, -0.1) is 11.7 Å². The Labute approximate surface area is 170 Å². The van der Waals surface area contributed by atoms with Crippen molar-refractivity contribution in [3.63, 3.8) is 0 Å². The molecule has 0 bridgehead atoms. The normalized spacial score (nSPS) is 11.1.